The molecular formula is C13H18N4O6S. The van der Waals surface area contributed by atoms with Crippen LogP contribution >= 0.6 is 11.8 Å². The number of thioether (sulfide) groups is 1. The average Bonchev–Trinajstić information content (AvgIpc) is 2.76. The highest BCUT2D eigenvalue weighted by molar-refractivity contribution is 8.04. The summed E-state index contributed by atoms with van der Waals surface area (Å²) in [5.41, 5.74) is 10.2. The summed E-state index contributed by atoms with van der Waals surface area (Å²) in [6.45, 7) is 1.47. The second-order valence-electron chi connectivity index (χ2n) is 5.51. The van der Waals surface area contributed by atoms with Crippen molar-refractivity contribution in [3.05, 3.63) is 10.6 Å². The molecule has 2 heterocycles. The molecule has 132 valence electrons. The summed E-state index contributed by atoms with van der Waals surface area (Å²) in [4.78, 5) is 39.7. The summed E-state index contributed by atoms with van der Waals surface area (Å²) in [6, 6.07) is -1.20. The van der Waals surface area contributed by atoms with Crippen LogP contribution in [0.1, 0.15) is 19.8 Å². The van der Waals surface area contributed by atoms with E-state index in [1.54, 1.807) is 0 Å². The molecule has 24 heavy (non-hydrogen) atoms. The number of aliphatic carboxylic acids is 2. The molecule has 7 N–H and O–H groups in total. The standard InChI is InChI=1S/C13H18N4O6S/c1-4(18)7-9(19)17-8(12(22)23)6(24-10(7)17)3-2-5(11(20)21)16-13(14)15/h4-5,7,10,18H,2-3H2,1H3,(H,20,21)(H,22,23)(H4,14,15,16)/t4?,5?,7?,10-/m1/s1. The molecular weight excluding hydrogens is 340 g/mol. The fraction of sp³-hybridized carbons (Fsp3) is 0.538. The summed E-state index contributed by atoms with van der Waals surface area (Å²) in [5, 5.41) is 27.6. The first-order chi connectivity index (χ1) is 11.1. The van der Waals surface area contributed by atoms with Gasteiger partial charge in [0.05, 0.1) is 12.0 Å². The van der Waals surface area contributed by atoms with Crippen molar-refractivity contribution in [2.75, 3.05) is 0 Å². The zero-order valence-electron chi connectivity index (χ0n) is 12.7. The highest BCUT2D eigenvalue weighted by Crippen LogP contribution is 2.51. The number of aliphatic hydroxyl groups is 1. The second kappa shape index (κ2) is 6.69. The number of carboxylic acid groups (broad SMARTS) is 2. The van der Waals surface area contributed by atoms with E-state index in [0.717, 1.165) is 16.7 Å². The average molecular weight is 358 g/mol. The van der Waals surface area contributed by atoms with Crippen molar-refractivity contribution in [2.24, 2.45) is 22.4 Å². The predicted molar refractivity (Wildman–Crippen MR) is 84.5 cm³/mol. The van der Waals surface area contributed by atoms with Crippen molar-refractivity contribution < 1.29 is 29.7 Å². The maximum absolute atomic E-state index is 12.0. The molecule has 1 saturated heterocycles. The first-order valence-corrected chi connectivity index (χ1v) is 7.99. The van der Waals surface area contributed by atoms with E-state index >= 15 is 0 Å². The van der Waals surface area contributed by atoms with Crippen LogP contribution in [-0.2, 0) is 14.4 Å². The van der Waals surface area contributed by atoms with E-state index in [-0.39, 0.29) is 24.5 Å². The minimum Gasteiger partial charge on any atom is -0.480 e. The van der Waals surface area contributed by atoms with Gasteiger partial charge in [0.1, 0.15) is 11.1 Å². The minimum absolute atomic E-state index is 0.0135. The molecule has 0 aromatic rings. The number of guanidine groups is 1. The zero-order chi connectivity index (χ0) is 18.2. The molecule has 2 rings (SSSR count). The summed E-state index contributed by atoms with van der Waals surface area (Å²) >= 11 is 1.15. The lowest BCUT2D eigenvalue weighted by Crippen LogP contribution is -2.60. The topological polar surface area (TPSA) is 180 Å². The van der Waals surface area contributed by atoms with Crippen molar-refractivity contribution in [2.45, 2.75) is 37.3 Å². The van der Waals surface area contributed by atoms with Crippen molar-refractivity contribution >= 4 is 35.6 Å². The number of hydrogen-bond donors (Lipinski definition) is 5. The number of β-lactam (4-membered cyclic amide) rings is 1. The number of fused-ring (bicyclic) bond motifs is 1. The number of aliphatic imine (C=N–C) groups is 1. The number of carbonyl (C=O) groups excluding carboxylic acids is 1. The molecule has 0 spiro atoms. The monoisotopic (exact) mass is 358 g/mol. The van der Waals surface area contributed by atoms with Gasteiger partial charge >= 0.3 is 11.9 Å². The van der Waals surface area contributed by atoms with Crippen LogP contribution in [0.15, 0.2) is 15.6 Å². The zero-order valence-corrected chi connectivity index (χ0v) is 13.6. The van der Waals surface area contributed by atoms with Gasteiger partial charge in [0.2, 0.25) is 5.91 Å². The Morgan fingerprint density at radius 3 is 2.46 bits per heavy atom. The van der Waals surface area contributed by atoms with Crippen LogP contribution in [0, 0.1) is 5.92 Å². The van der Waals surface area contributed by atoms with E-state index in [1.165, 1.54) is 6.92 Å². The largest absolute Gasteiger partial charge is 0.480 e. The van der Waals surface area contributed by atoms with Gasteiger partial charge in [-0.05, 0) is 19.8 Å². The third-order valence-electron chi connectivity index (χ3n) is 3.81. The fourth-order valence-electron chi connectivity index (χ4n) is 2.72. The van der Waals surface area contributed by atoms with Crippen molar-refractivity contribution in [1.82, 2.24) is 4.90 Å². The Balaban J connectivity index is 2.17. The molecule has 10 nitrogen and oxygen atoms in total. The van der Waals surface area contributed by atoms with Gasteiger partial charge in [0, 0.05) is 4.91 Å². The van der Waals surface area contributed by atoms with Gasteiger partial charge in [-0.25, -0.2) is 14.6 Å². The third-order valence-corrected chi connectivity index (χ3v) is 5.24. The number of carboxylic acids is 2. The molecule has 1 fully saturated rings. The summed E-state index contributed by atoms with van der Waals surface area (Å²) in [7, 11) is 0. The highest BCUT2D eigenvalue weighted by atomic mass is 32.2. The fourth-order valence-corrected chi connectivity index (χ4v) is 4.35. The van der Waals surface area contributed by atoms with E-state index in [2.05, 4.69) is 4.99 Å². The molecule has 0 aliphatic carbocycles. The van der Waals surface area contributed by atoms with Crippen LogP contribution in [-0.4, -0.2) is 61.5 Å². The Morgan fingerprint density at radius 1 is 1.38 bits per heavy atom. The van der Waals surface area contributed by atoms with Crippen LogP contribution < -0.4 is 11.5 Å². The van der Waals surface area contributed by atoms with E-state index in [9.17, 15) is 24.6 Å². The normalized spacial score (nSPS) is 24.9. The van der Waals surface area contributed by atoms with Crippen molar-refractivity contribution in [3.8, 4) is 0 Å². The molecule has 2 aliphatic rings. The number of allylic oxidation sites excluding steroid dienone is 1. The van der Waals surface area contributed by atoms with Gasteiger partial charge in [-0.1, -0.05) is 0 Å². The molecule has 1 amide bonds. The van der Waals surface area contributed by atoms with Gasteiger partial charge < -0.3 is 26.8 Å². The Morgan fingerprint density at radius 2 is 2.00 bits per heavy atom. The minimum atomic E-state index is -1.27. The SMILES string of the molecule is CC(O)C1C(=O)N2C(C(=O)O)=C(CCC(N=C(N)N)C(=O)O)S[C@H]12. The molecule has 0 saturated carbocycles. The van der Waals surface area contributed by atoms with Gasteiger partial charge in [-0.3, -0.25) is 9.69 Å². The number of nitrogens with two attached hydrogens (primary N) is 2. The van der Waals surface area contributed by atoms with Crippen molar-refractivity contribution in [1.29, 1.82) is 0 Å². The first kappa shape index (κ1) is 18.1. The lowest BCUT2D eigenvalue weighted by atomic mass is 9.92. The summed E-state index contributed by atoms with van der Waals surface area (Å²) in [5.74, 6) is -4.00. The summed E-state index contributed by atoms with van der Waals surface area (Å²) in [6.07, 6.45) is -0.818. The van der Waals surface area contributed by atoms with Gasteiger partial charge in [0.15, 0.2) is 12.0 Å². The lowest BCUT2D eigenvalue weighted by molar-refractivity contribution is -0.156. The van der Waals surface area contributed by atoms with Gasteiger partial charge in [-0.15, -0.1) is 11.8 Å². The molecule has 0 aromatic heterocycles. The molecule has 11 heteroatoms. The molecule has 2 aliphatic heterocycles. The quantitative estimate of drug-likeness (QED) is 0.210. The van der Waals surface area contributed by atoms with Gasteiger partial charge in [0.25, 0.3) is 0 Å². The van der Waals surface area contributed by atoms with Crippen molar-refractivity contribution in [3.63, 3.8) is 0 Å². The predicted octanol–water partition coefficient (Wildman–Crippen LogP) is -1.30. The number of rotatable bonds is 7. The van der Waals surface area contributed by atoms with Crippen LogP contribution in [0.3, 0.4) is 0 Å². The van der Waals surface area contributed by atoms with Crippen LogP contribution in [0.4, 0.5) is 0 Å². The maximum atomic E-state index is 12.0. The first-order valence-electron chi connectivity index (χ1n) is 7.11. The van der Waals surface area contributed by atoms with E-state index in [4.69, 9.17) is 16.6 Å². The number of nitrogens with zero attached hydrogens (tertiary/aromatic N) is 2. The molecule has 4 atom stereocenters. The molecule has 0 aromatic carbocycles. The number of aliphatic hydroxyl groups excluding tert-OH is 1. The highest BCUT2D eigenvalue weighted by Gasteiger charge is 2.57. The second-order valence-corrected chi connectivity index (χ2v) is 6.72. The van der Waals surface area contributed by atoms with E-state index in [0.29, 0.717) is 4.91 Å². The summed E-state index contributed by atoms with van der Waals surface area (Å²) < 4.78 is 0. The Kier molecular flexibility index (Phi) is 5.04. The van der Waals surface area contributed by atoms with E-state index < -0.39 is 41.3 Å². The van der Waals surface area contributed by atoms with Crippen LogP contribution in [0.5, 0.6) is 0 Å². The molecule has 0 bridgehead atoms. The molecule has 0 radical (unpaired) electrons. The molecule has 3 unspecified atom stereocenters. The smallest absolute Gasteiger partial charge is 0.353 e. The maximum Gasteiger partial charge on any atom is 0.353 e. The lowest BCUT2D eigenvalue weighted by Gasteiger charge is -2.43. The van der Waals surface area contributed by atoms with Crippen LogP contribution in [0.25, 0.3) is 0 Å². The number of amides is 1. The van der Waals surface area contributed by atoms with E-state index in [1.807, 2.05) is 0 Å². The van der Waals surface area contributed by atoms with Gasteiger partial charge in [-0.2, -0.15) is 0 Å². The van der Waals surface area contributed by atoms with Crippen LogP contribution in [0.2, 0.25) is 0 Å². The Bertz CT molecular complexity index is 642. The Hall–Kier alpha value is -2.27. The number of hydrogen-bond acceptors (Lipinski definition) is 6. The number of carbonyl (C=O) groups is 3. The third kappa shape index (κ3) is 3.17. The Labute approximate surface area is 141 Å².